The number of hydrogen-bond acceptors (Lipinski definition) is 4. The molecule has 0 saturated carbocycles. The molecule has 2 aromatic rings. The van der Waals surface area contributed by atoms with Crippen LogP contribution in [-0.2, 0) is 13.1 Å². The van der Waals surface area contributed by atoms with Gasteiger partial charge in [-0.2, -0.15) is 0 Å². The van der Waals surface area contributed by atoms with E-state index in [0.29, 0.717) is 13.2 Å². The molecule has 0 aromatic heterocycles. The van der Waals surface area contributed by atoms with Gasteiger partial charge < -0.3 is 9.84 Å². The smallest absolute Gasteiger partial charge is 0.127 e. The van der Waals surface area contributed by atoms with Gasteiger partial charge in [0, 0.05) is 50.9 Å². The fraction of sp³-hybridized carbons (Fsp3) is 0.455. The van der Waals surface area contributed by atoms with Crippen LogP contribution in [0.2, 0.25) is 0 Å². The summed E-state index contributed by atoms with van der Waals surface area (Å²) in [5.74, 6) is 0.746. The van der Waals surface area contributed by atoms with Crippen LogP contribution in [0, 0.1) is 5.82 Å². The summed E-state index contributed by atoms with van der Waals surface area (Å²) in [7, 11) is 0. The number of aliphatic hydroxyl groups is 1. The van der Waals surface area contributed by atoms with Gasteiger partial charge in [-0.3, -0.25) is 9.80 Å². The third-order valence-corrected chi connectivity index (χ3v) is 5.12. The van der Waals surface area contributed by atoms with E-state index < -0.39 is 0 Å². The summed E-state index contributed by atoms with van der Waals surface area (Å²) < 4.78 is 19.5. The van der Waals surface area contributed by atoms with Crippen LogP contribution in [0.15, 0.2) is 48.5 Å². The maximum Gasteiger partial charge on any atom is 0.127 e. The number of aliphatic hydroxyl groups excluding tert-OH is 1. The highest BCUT2D eigenvalue weighted by Crippen LogP contribution is 2.20. The first-order valence-electron chi connectivity index (χ1n) is 9.72. The zero-order valence-corrected chi connectivity index (χ0v) is 16.0. The van der Waals surface area contributed by atoms with E-state index in [1.807, 2.05) is 31.2 Å². The average Bonchev–Trinajstić information content (AvgIpc) is 2.68. The molecule has 1 fully saturated rings. The third-order valence-electron chi connectivity index (χ3n) is 5.12. The molecule has 1 aliphatic heterocycles. The Kier molecular flexibility index (Phi) is 7.21. The number of ether oxygens (including phenoxy) is 1. The molecule has 1 N–H and O–H groups in total. The summed E-state index contributed by atoms with van der Waals surface area (Å²) in [4.78, 5) is 4.71. The van der Waals surface area contributed by atoms with Gasteiger partial charge >= 0.3 is 0 Å². The Morgan fingerprint density at radius 2 is 1.85 bits per heavy atom. The van der Waals surface area contributed by atoms with Crippen LogP contribution in [0.25, 0.3) is 0 Å². The summed E-state index contributed by atoms with van der Waals surface area (Å²) in [5, 5.41) is 9.50. The van der Waals surface area contributed by atoms with Crippen molar-refractivity contribution in [2.45, 2.75) is 32.5 Å². The Morgan fingerprint density at radius 3 is 2.56 bits per heavy atom. The minimum Gasteiger partial charge on any atom is -0.494 e. The van der Waals surface area contributed by atoms with Crippen molar-refractivity contribution < 1.29 is 14.2 Å². The number of halogens is 1. The molecule has 0 aliphatic carbocycles. The van der Waals surface area contributed by atoms with E-state index in [1.165, 1.54) is 11.6 Å². The molecule has 5 heteroatoms. The van der Waals surface area contributed by atoms with Crippen LogP contribution in [0.5, 0.6) is 5.75 Å². The predicted octanol–water partition coefficient (Wildman–Crippen LogP) is 3.29. The van der Waals surface area contributed by atoms with Crippen LogP contribution >= 0.6 is 0 Å². The van der Waals surface area contributed by atoms with Crippen LogP contribution in [0.1, 0.15) is 24.5 Å². The molecule has 1 aliphatic rings. The van der Waals surface area contributed by atoms with Crippen molar-refractivity contribution in [2.24, 2.45) is 0 Å². The van der Waals surface area contributed by atoms with Crippen molar-refractivity contribution in [2.75, 3.05) is 32.8 Å². The Balaban J connectivity index is 1.61. The van der Waals surface area contributed by atoms with Crippen molar-refractivity contribution >= 4 is 0 Å². The lowest BCUT2D eigenvalue weighted by molar-refractivity contribution is 0.0495. The topological polar surface area (TPSA) is 35.9 Å². The molecule has 0 unspecified atom stereocenters. The zero-order valence-electron chi connectivity index (χ0n) is 16.0. The van der Waals surface area contributed by atoms with Crippen molar-refractivity contribution in [3.8, 4) is 5.75 Å². The second kappa shape index (κ2) is 9.83. The van der Waals surface area contributed by atoms with E-state index in [0.717, 1.165) is 43.9 Å². The highest BCUT2D eigenvalue weighted by atomic mass is 19.1. The molecule has 2 aromatic carbocycles. The molecule has 1 saturated heterocycles. The van der Waals surface area contributed by atoms with E-state index in [4.69, 9.17) is 4.74 Å². The molecule has 0 radical (unpaired) electrons. The molecule has 1 atom stereocenters. The Hall–Kier alpha value is -1.95. The van der Waals surface area contributed by atoms with E-state index in [1.54, 1.807) is 6.07 Å². The third kappa shape index (κ3) is 5.51. The zero-order chi connectivity index (χ0) is 19.1. The minimum atomic E-state index is -0.145. The second-order valence-corrected chi connectivity index (χ2v) is 7.04. The lowest BCUT2D eigenvalue weighted by Gasteiger charge is -2.41. The number of hydrogen-bond donors (Lipinski definition) is 1. The first-order valence-corrected chi connectivity index (χ1v) is 9.72. The van der Waals surface area contributed by atoms with Gasteiger partial charge in [-0.1, -0.05) is 30.3 Å². The van der Waals surface area contributed by atoms with E-state index in [9.17, 15) is 9.50 Å². The maximum absolute atomic E-state index is 14.0. The van der Waals surface area contributed by atoms with Gasteiger partial charge in [0.2, 0.25) is 0 Å². The lowest BCUT2D eigenvalue weighted by Crippen LogP contribution is -2.52. The fourth-order valence-electron chi connectivity index (χ4n) is 3.69. The quantitative estimate of drug-likeness (QED) is 0.771. The van der Waals surface area contributed by atoms with Gasteiger partial charge in [0.25, 0.3) is 0 Å². The van der Waals surface area contributed by atoms with Gasteiger partial charge in [0.15, 0.2) is 0 Å². The number of nitrogens with zero attached hydrogens (tertiary/aromatic N) is 2. The molecule has 0 bridgehead atoms. The molecular weight excluding hydrogens is 343 g/mol. The van der Waals surface area contributed by atoms with Crippen LogP contribution in [0.3, 0.4) is 0 Å². The van der Waals surface area contributed by atoms with E-state index in [-0.39, 0.29) is 18.5 Å². The molecule has 27 heavy (non-hydrogen) atoms. The summed E-state index contributed by atoms with van der Waals surface area (Å²) >= 11 is 0. The van der Waals surface area contributed by atoms with Gasteiger partial charge in [-0.15, -0.1) is 0 Å². The van der Waals surface area contributed by atoms with Crippen LogP contribution < -0.4 is 4.74 Å². The van der Waals surface area contributed by atoms with Crippen molar-refractivity contribution in [1.82, 2.24) is 9.80 Å². The highest BCUT2D eigenvalue weighted by molar-refractivity contribution is 5.27. The first kappa shape index (κ1) is 19.8. The van der Waals surface area contributed by atoms with Crippen LogP contribution in [-0.4, -0.2) is 53.8 Å². The normalized spacial score (nSPS) is 18.6. The SMILES string of the molecule is CCOc1ccc(CN2CCN(Cc3ccccc3F)C[C@H]2CCO)cc1. The Bertz CT molecular complexity index is 708. The molecule has 0 spiro atoms. The molecule has 146 valence electrons. The predicted molar refractivity (Wildman–Crippen MR) is 105 cm³/mol. The summed E-state index contributed by atoms with van der Waals surface area (Å²) in [5.41, 5.74) is 1.98. The average molecular weight is 372 g/mol. The van der Waals surface area contributed by atoms with Crippen LogP contribution in [0.4, 0.5) is 4.39 Å². The molecule has 3 rings (SSSR count). The second-order valence-electron chi connectivity index (χ2n) is 7.04. The summed E-state index contributed by atoms with van der Waals surface area (Å²) in [6.45, 7) is 6.93. The van der Waals surface area contributed by atoms with Gasteiger partial charge in [-0.05, 0) is 37.1 Å². The van der Waals surface area contributed by atoms with Crippen molar-refractivity contribution in [3.63, 3.8) is 0 Å². The van der Waals surface area contributed by atoms with Gasteiger partial charge in [0.05, 0.1) is 6.61 Å². The van der Waals surface area contributed by atoms with Gasteiger partial charge in [-0.25, -0.2) is 4.39 Å². The standard InChI is InChI=1S/C22H29FN2O2/c1-2-27-21-9-7-18(8-10-21)15-25-13-12-24(17-20(25)11-14-26)16-19-5-3-4-6-22(19)23/h3-10,20,26H,2,11-17H2,1H3/t20-/m1/s1. The summed E-state index contributed by atoms with van der Waals surface area (Å²) in [6, 6.07) is 15.5. The van der Waals surface area contributed by atoms with Gasteiger partial charge in [0.1, 0.15) is 11.6 Å². The summed E-state index contributed by atoms with van der Waals surface area (Å²) in [6.07, 6.45) is 0.727. The number of rotatable bonds is 8. The van der Waals surface area contributed by atoms with Crippen molar-refractivity contribution in [3.05, 3.63) is 65.5 Å². The molecule has 4 nitrogen and oxygen atoms in total. The van der Waals surface area contributed by atoms with E-state index in [2.05, 4.69) is 21.9 Å². The van der Waals surface area contributed by atoms with Crippen molar-refractivity contribution in [1.29, 1.82) is 0 Å². The molecule has 1 heterocycles. The number of benzene rings is 2. The highest BCUT2D eigenvalue weighted by Gasteiger charge is 2.27. The lowest BCUT2D eigenvalue weighted by atomic mass is 10.1. The number of piperazine rings is 1. The fourth-order valence-corrected chi connectivity index (χ4v) is 3.69. The maximum atomic E-state index is 14.0. The first-order chi connectivity index (χ1) is 13.2. The molecular formula is C22H29FN2O2. The largest absolute Gasteiger partial charge is 0.494 e. The Morgan fingerprint density at radius 1 is 1.07 bits per heavy atom. The van der Waals surface area contributed by atoms with E-state index >= 15 is 0 Å². The molecule has 0 amide bonds. The minimum absolute atomic E-state index is 0.145. The monoisotopic (exact) mass is 372 g/mol. The Labute approximate surface area is 161 Å².